The monoisotopic (exact) mass is 292 g/mol. The lowest BCUT2D eigenvalue weighted by Crippen LogP contribution is -2.11. The maximum atomic E-state index is 11.1. The van der Waals surface area contributed by atoms with Crippen LogP contribution in [0.2, 0.25) is 0 Å². The third-order valence-corrected chi connectivity index (χ3v) is 3.62. The number of primary sulfonamides is 1. The predicted octanol–water partition coefficient (Wildman–Crippen LogP) is 1.85. The fourth-order valence-electron chi connectivity index (χ4n) is 1.71. The number of hydrogen-bond donors (Lipinski definition) is 2. The number of nitrogens with two attached hydrogens (primary N) is 1. The third kappa shape index (κ3) is 3.80. The van der Waals surface area contributed by atoms with Crippen molar-refractivity contribution in [1.82, 2.24) is 5.32 Å². The smallest absolute Gasteiger partial charge is 0.238 e. The van der Waals surface area contributed by atoms with Gasteiger partial charge in [-0.1, -0.05) is 12.1 Å². The highest BCUT2D eigenvalue weighted by Crippen LogP contribution is 2.22. The Labute approximate surface area is 118 Å². The molecular weight excluding hydrogens is 276 g/mol. The van der Waals surface area contributed by atoms with Crippen molar-refractivity contribution in [3.05, 3.63) is 54.1 Å². The fourth-order valence-corrected chi connectivity index (χ4v) is 2.23. The van der Waals surface area contributed by atoms with Crippen molar-refractivity contribution in [1.29, 1.82) is 0 Å². The van der Waals surface area contributed by atoms with Crippen LogP contribution in [0.3, 0.4) is 0 Å². The maximum Gasteiger partial charge on any atom is 0.238 e. The van der Waals surface area contributed by atoms with Crippen LogP contribution in [0, 0.1) is 0 Å². The highest BCUT2D eigenvalue weighted by molar-refractivity contribution is 7.89. The van der Waals surface area contributed by atoms with Crippen molar-refractivity contribution in [3.63, 3.8) is 0 Å². The molecule has 0 amide bonds. The molecule has 0 aliphatic carbocycles. The predicted molar refractivity (Wildman–Crippen MR) is 77.1 cm³/mol. The molecule has 0 spiro atoms. The highest BCUT2D eigenvalue weighted by atomic mass is 32.2. The van der Waals surface area contributed by atoms with E-state index in [1.807, 2.05) is 31.3 Å². The normalized spacial score (nSPS) is 11.3. The summed E-state index contributed by atoms with van der Waals surface area (Å²) in [5.41, 5.74) is 1.16. The molecule has 0 heterocycles. The molecule has 0 aliphatic heterocycles. The molecule has 0 bridgehead atoms. The molecule has 2 rings (SSSR count). The summed E-state index contributed by atoms with van der Waals surface area (Å²) in [5.74, 6) is 1.24. The van der Waals surface area contributed by atoms with Gasteiger partial charge in [0.25, 0.3) is 0 Å². The van der Waals surface area contributed by atoms with Crippen molar-refractivity contribution in [2.75, 3.05) is 7.05 Å². The average Bonchev–Trinajstić information content (AvgIpc) is 2.41. The van der Waals surface area contributed by atoms with Crippen molar-refractivity contribution in [2.24, 2.45) is 5.14 Å². The van der Waals surface area contributed by atoms with E-state index in [9.17, 15) is 8.42 Å². The van der Waals surface area contributed by atoms with E-state index in [0.29, 0.717) is 11.5 Å². The Morgan fingerprint density at radius 2 is 1.50 bits per heavy atom. The number of ether oxygens (including phenoxy) is 1. The lowest BCUT2D eigenvalue weighted by molar-refractivity contribution is 0.482. The second-order valence-electron chi connectivity index (χ2n) is 4.29. The average molecular weight is 292 g/mol. The molecule has 5 nitrogen and oxygen atoms in total. The molecule has 2 aromatic carbocycles. The first-order valence-corrected chi connectivity index (χ1v) is 7.58. The summed E-state index contributed by atoms with van der Waals surface area (Å²) in [6.07, 6.45) is 0. The van der Waals surface area contributed by atoms with Crippen molar-refractivity contribution >= 4 is 10.0 Å². The van der Waals surface area contributed by atoms with Crippen LogP contribution in [0.15, 0.2) is 53.4 Å². The highest BCUT2D eigenvalue weighted by Gasteiger charge is 2.07. The van der Waals surface area contributed by atoms with Gasteiger partial charge in [0, 0.05) is 6.54 Å². The van der Waals surface area contributed by atoms with Gasteiger partial charge in [-0.2, -0.15) is 0 Å². The molecule has 0 aromatic heterocycles. The number of benzene rings is 2. The van der Waals surface area contributed by atoms with Gasteiger partial charge < -0.3 is 10.1 Å². The summed E-state index contributed by atoms with van der Waals surface area (Å²) in [5, 5.41) is 8.09. The van der Waals surface area contributed by atoms with E-state index in [1.165, 1.54) is 12.1 Å². The van der Waals surface area contributed by atoms with Gasteiger partial charge in [-0.25, -0.2) is 13.6 Å². The second-order valence-corrected chi connectivity index (χ2v) is 5.85. The molecule has 0 saturated carbocycles. The van der Waals surface area contributed by atoms with Crippen molar-refractivity contribution in [3.8, 4) is 11.5 Å². The minimum Gasteiger partial charge on any atom is -0.457 e. The van der Waals surface area contributed by atoms with E-state index < -0.39 is 10.0 Å². The molecule has 0 fully saturated rings. The van der Waals surface area contributed by atoms with Crippen LogP contribution in [0.25, 0.3) is 0 Å². The lowest BCUT2D eigenvalue weighted by Gasteiger charge is -2.07. The van der Waals surface area contributed by atoms with E-state index in [1.54, 1.807) is 12.1 Å². The summed E-state index contributed by atoms with van der Waals surface area (Å²) in [6.45, 7) is 0.795. The van der Waals surface area contributed by atoms with E-state index in [2.05, 4.69) is 5.32 Å². The number of sulfonamides is 1. The summed E-state index contributed by atoms with van der Waals surface area (Å²) in [6, 6.07) is 13.6. The first-order chi connectivity index (χ1) is 9.49. The Balaban J connectivity index is 2.10. The molecule has 0 unspecified atom stereocenters. The molecule has 0 aliphatic rings. The number of hydrogen-bond acceptors (Lipinski definition) is 4. The summed E-state index contributed by atoms with van der Waals surface area (Å²) in [7, 11) is -1.78. The zero-order valence-corrected chi connectivity index (χ0v) is 11.9. The topological polar surface area (TPSA) is 81.4 Å². The van der Waals surface area contributed by atoms with E-state index >= 15 is 0 Å². The second kappa shape index (κ2) is 6.04. The van der Waals surface area contributed by atoms with Crippen LogP contribution in [-0.2, 0) is 16.6 Å². The minimum absolute atomic E-state index is 0.0641. The van der Waals surface area contributed by atoms with Gasteiger partial charge in [0.15, 0.2) is 0 Å². The first-order valence-electron chi connectivity index (χ1n) is 6.03. The Morgan fingerprint density at radius 3 is 1.95 bits per heavy atom. The van der Waals surface area contributed by atoms with Crippen molar-refractivity contribution in [2.45, 2.75) is 11.4 Å². The van der Waals surface area contributed by atoms with Gasteiger partial charge >= 0.3 is 0 Å². The van der Waals surface area contributed by atoms with Gasteiger partial charge in [-0.3, -0.25) is 0 Å². The summed E-state index contributed by atoms with van der Waals surface area (Å²) < 4.78 is 27.9. The molecule has 106 valence electrons. The number of rotatable bonds is 5. The van der Waals surface area contributed by atoms with Crippen LogP contribution < -0.4 is 15.2 Å². The third-order valence-electron chi connectivity index (χ3n) is 2.69. The molecule has 20 heavy (non-hydrogen) atoms. The van der Waals surface area contributed by atoms with Crippen LogP contribution in [0.1, 0.15) is 5.56 Å². The standard InChI is InChI=1S/C14H16N2O3S/c1-16-10-11-2-4-12(5-3-11)19-13-6-8-14(9-7-13)20(15,17)18/h2-9,16H,10H2,1H3,(H2,15,17,18). The molecule has 0 radical (unpaired) electrons. The maximum absolute atomic E-state index is 11.1. The van der Waals surface area contributed by atoms with Crippen LogP contribution in [0.4, 0.5) is 0 Å². The quantitative estimate of drug-likeness (QED) is 0.881. The molecule has 2 aromatic rings. The molecule has 3 N–H and O–H groups in total. The van der Waals surface area contributed by atoms with E-state index in [-0.39, 0.29) is 4.90 Å². The Morgan fingerprint density at radius 1 is 1.00 bits per heavy atom. The zero-order valence-electron chi connectivity index (χ0n) is 11.0. The molecule has 0 saturated heterocycles. The molecule has 0 atom stereocenters. The molecular formula is C14H16N2O3S. The van der Waals surface area contributed by atoms with Gasteiger partial charge in [0.1, 0.15) is 11.5 Å². The van der Waals surface area contributed by atoms with Crippen LogP contribution in [-0.4, -0.2) is 15.5 Å². The zero-order chi connectivity index (χ0) is 14.6. The first kappa shape index (κ1) is 14.5. The SMILES string of the molecule is CNCc1ccc(Oc2ccc(S(N)(=O)=O)cc2)cc1. The van der Waals surface area contributed by atoms with Gasteiger partial charge in [-0.15, -0.1) is 0 Å². The fraction of sp³-hybridized carbons (Fsp3) is 0.143. The van der Waals surface area contributed by atoms with Gasteiger partial charge in [-0.05, 0) is 49.0 Å². The van der Waals surface area contributed by atoms with Crippen molar-refractivity contribution < 1.29 is 13.2 Å². The summed E-state index contributed by atoms with van der Waals surface area (Å²) in [4.78, 5) is 0.0641. The molecule has 6 heteroatoms. The van der Waals surface area contributed by atoms with E-state index in [4.69, 9.17) is 9.88 Å². The Hall–Kier alpha value is -1.89. The van der Waals surface area contributed by atoms with E-state index in [0.717, 1.165) is 12.1 Å². The Kier molecular flexibility index (Phi) is 4.39. The van der Waals surface area contributed by atoms with Crippen LogP contribution >= 0.6 is 0 Å². The summed E-state index contributed by atoms with van der Waals surface area (Å²) >= 11 is 0. The number of nitrogens with one attached hydrogen (secondary N) is 1. The minimum atomic E-state index is -3.67. The lowest BCUT2D eigenvalue weighted by atomic mass is 10.2. The van der Waals surface area contributed by atoms with Gasteiger partial charge in [0.05, 0.1) is 4.90 Å². The Bertz CT molecular complexity index is 665. The largest absolute Gasteiger partial charge is 0.457 e. The van der Waals surface area contributed by atoms with Gasteiger partial charge in [0.2, 0.25) is 10.0 Å². The van der Waals surface area contributed by atoms with Crippen LogP contribution in [0.5, 0.6) is 11.5 Å².